The van der Waals surface area contributed by atoms with E-state index in [4.69, 9.17) is 0 Å². The molecule has 2 unspecified atom stereocenters. The van der Waals surface area contributed by atoms with Gasteiger partial charge in [0, 0.05) is 71.9 Å². The van der Waals surface area contributed by atoms with Gasteiger partial charge in [0.15, 0.2) is 0 Å². The van der Waals surface area contributed by atoms with Crippen molar-refractivity contribution in [1.29, 1.82) is 0 Å². The van der Waals surface area contributed by atoms with Crippen LogP contribution in [0.25, 0.3) is 0 Å². The fourth-order valence-corrected chi connectivity index (χ4v) is 5.40. The Kier molecular flexibility index (Phi) is 24.0. The topological polar surface area (TPSA) is 311 Å². The quantitative estimate of drug-likeness (QED) is 0.0432. The summed E-state index contributed by atoms with van der Waals surface area (Å²) in [6, 6.07) is -2.68. The predicted octanol–water partition coefficient (Wildman–Crippen LogP) is -5.41. The minimum atomic E-state index is -1.44. The fourth-order valence-electron chi connectivity index (χ4n) is 5.40. The molecule has 0 aromatic heterocycles. The maximum Gasteiger partial charge on any atom is 0.317 e. The Morgan fingerprint density at radius 3 is 1.33 bits per heavy atom. The van der Waals surface area contributed by atoms with Gasteiger partial charge in [-0.2, -0.15) is 0 Å². The second-order valence-electron chi connectivity index (χ2n) is 13.5. The van der Waals surface area contributed by atoms with Crippen LogP contribution in [0.3, 0.4) is 0 Å². The van der Waals surface area contributed by atoms with Crippen LogP contribution in [0.4, 0.5) is 0 Å². The lowest BCUT2D eigenvalue weighted by Gasteiger charge is -2.32. The number of nitrogens with zero attached hydrogens (tertiary/aromatic N) is 4. The van der Waals surface area contributed by atoms with Crippen LogP contribution in [0.5, 0.6) is 0 Å². The number of aliphatic carboxylic acids is 3. The number of rotatable bonds is 23. The highest BCUT2D eigenvalue weighted by atomic mass is 16.4. The van der Waals surface area contributed by atoms with Gasteiger partial charge in [-0.15, -0.1) is 0 Å². The lowest BCUT2D eigenvalue weighted by atomic mass is 10.1. The number of aliphatic hydroxyl groups excluding tert-OH is 2. The van der Waals surface area contributed by atoms with E-state index in [1.54, 1.807) is 19.6 Å². The molecule has 1 heterocycles. The SMILES string of the molecule is CC(C)CCCNC(=O)C(CO)NC(=O)CNC(=O)C(CO)NC(=O)CCNC(=O)CN1CCN(CC(=O)O)CCN(CC(=O)O)CCN(CC(=O)O)CC1. The molecule has 1 saturated heterocycles. The first-order valence-corrected chi connectivity index (χ1v) is 18.2. The number of carbonyl (C=O) groups is 8. The number of nitrogens with one attached hydrogen (secondary N) is 5. The van der Waals surface area contributed by atoms with E-state index in [9.17, 15) is 63.9 Å². The Hall–Kier alpha value is -4.48. The predicted molar refractivity (Wildman–Crippen MR) is 194 cm³/mol. The third-order valence-corrected chi connectivity index (χ3v) is 8.40. The number of aliphatic hydroxyl groups is 2. The Morgan fingerprint density at radius 1 is 0.527 bits per heavy atom. The Morgan fingerprint density at radius 2 is 0.927 bits per heavy atom. The maximum absolute atomic E-state index is 12.9. The summed E-state index contributed by atoms with van der Waals surface area (Å²) in [4.78, 5) is 103. The first kappa shape index (κ1) is 48.5. The van der Waals surface area contributed by atoms with E-state index in [1.807, 2.05) is 13.8 Å². The molecule has 5 amide bonds. The molecule has 0 aliphatic carbocycles. The number of carboxylic acid groups (broad SMARTS) is 3. The van der Waals surface area contributed by atoms with Crippen LogP contribution >= 0.6 is 0 Å². The molecule has 314 valence electrons. The van der Waals surface area contributed by atoms with Crippen molar-refractivity contribution in [2.24, 2.45) is 5.92 Å². The summed E-state index contributed by atoms with van der Waals surface area (Å²) in [6.45, 7) is 2.84. The third-order valence-electron chi connectivity index (χ3n) is 8.40. The number of carbonyl (C=O) groups excluding carboxylic acids is 5. The fraction of sp³-hybridized carbons (Fsp3) is 0.758. The van der Waals surface area contributed by atoms with Gasteiger partial charge < -0.3 is 52.1 Å². The summed E-state index contributed by atoms with van der Waals surface area (Å²) in [6.07, 6.45) is 1.32. The van der Waals surface area contributed by atoms with Crippen molar-refractivity contribution in [2.75, 3.05) is 111 Å². The molecule has 0 bridgehead atoms. The van der Waals surface area contributed by atoms with Crippen LogP contribution in [0.1, 0.15) is 33.1 Å². The van der Waals surface area contributed by atoms with Crippen molar-refractivity contribution >= 4 is 47.4 Å². The first-order valence-electron chi connectivity index (χ1n) is 18.2. The average molecular weight is 790 g/mol. The van der Waals surface area contributed by atoms with Crippen molar-refractivity contribution in [3.05, 3.63) is 0 Å². The number of carboxylic acids is 3. The number of amides is 5. The van der Waals surface area contributed by atoms with E-state index in [1.165, 1.54) is 0 Å². The molecule has 10 N–H and O–H groups in total. The molecule has 0 radical (unpaired) electrons. The second-order valence-corrected chi connectivity index (χ2v) is 13.5. The minimum Gasteiger partial charge on any atom is -0.480 e. The summed E-state index contributed by atoms with van der Waals surface area (Å²) < 4.78 is 0. The van der Waals surface area contributed by atoms with Gasteiger partial charge in [-0.05, 0) is 18.8 Å². The van der Waals surface area contributed by atoms with E-state index in [0.29, 0.717) is 12.5 Å². The van der Waals surface area contributed by atoms with E-state index >= 15 is 0 Å². The molecule has 2 atom stereocenters. The van der Waals surface area contributed by atoms with E-state index in [2.05, 4.69) is 26.6 Å². The Bertz CT molecular complexity index is 1240. The molecule has 0 spiro atoms. The van der Waals surface area contributed by atoms with Gasteiger partial charge in [-0.25, -0.2) is 0 Å². The molecular formula is C33H59N9O13. The standard InChI is InChI=1S/C33H59N9O13/c1-23(2)4-3-6-35-32(54)24(21-43)38-27(46)16-36-33(55)25(22-44)37-26(45)5-7-34-28(47)17-39-8-10-40(18-29(48)49)12-14-42(20-31(52)53)15-13-41(11-9-39)19-30(50)51/h23-25,43-44H,3-22H2,1-2H3,(H,34,47)(H,35,54)(H,36,55)(H,37,45)(H,38,46)(H,48,49)(H,50,51)(H,52,53). The highest BCUT2D eigenvalue weighted by Gasteiger charge is 2.24. The first-order chi connectivity index (χ1) is 26.0. The van der Waals surface area contributed by atoms with Gasteiger partial charge in [-0.3, -0.25) is 58.0 Å². The number of hydrogen-bond acceptors (Lipinski definition) is 14. The molecule has 1 rings (SSSR count). The lowest BCUT2D eigenvalue weighted by Crippen LogP contribution is -2.54. The summed E-state index contributed by atoms with van der Waals surface area (Å²) in [5, 5.41) is 59.3. The maximum atomic E-state index is 12.9. The van der Waals surface area contributed by atoms with Crippen LogP contribution in [0, 0.1) is 5.92 Å². The lowest BCUT2D eigenvalue weighted by molar-refractivity contribution is -0.140. The summed E-state index contributed by atoms with van der Waals surface area (Å²) in [5.41, 5.74) is 0. The summed E-state index contributed by atoms with van der Waals surface area (Å²) >= 11 is 0. The highest BCUT2D eigenvalue weighted by Crippen LogP contribution is 2.03. The van der Waals surface area contributed by atoms with Crippen LogP contribution in [0.15, 0.2) is 0 Å². The van der Waals surface area contributed by atoms with Crippen LogP contribution in [-0.4, -0.2) is 216 Å². The van der Waals surface area contributed by atoms with Gasteiger partial charge in [0.1, 0.15) is 12.1 Å². The van der Waals surface area contributed by atoms with Gasteiger partial charge in [0.2, 0.25) is 29.5 Å². The van der Waals surface area contributed by atoms with Crippen molar-refractivity contribution in [3.63, 3.8) is 0 Å². The molecule has 22 nitrogen and oxygen atoms in total. The normalized spacial score (nSPS) is 16.5. The van der Waals surface area contributed by atoms with Crippen molar-refractivity contribution in [2.45, 2.75) is 45.2 Å². The monoisotopic (exact) mass is 789 g/mol. The smallest absolute Gasteiger partial charge is 0.317 e. The van der Waals surface area contributed by atoms with Crippen molar-refractivity contribution < 1.29 is 63.9 Å². The molecule has 0 aromatic rings. The van der Waals surface area contributed by atoms with Gasteiger partial charge in [0.05, 0.1) is 45.9 Å². The second kappa shape index (κ2) is 27.2. The Balaban J connectivity index is 2.66. The molecule has 22 heteroatoms. The molecule has 55 heavy (non-hydrogen) atoms. The molecule has 1 aliphatic rings. The average Bonchev–Trinajstić information content (AvgIpc) is 3.10. The summed E-state index contributed by atoms with van der Waals surface area (Å²) in [5.74, 6) is -6.26. The highest BCUT2D eigenvalue weighted by molar-refractivity contribution is 5.92. The summed E-state index contributed by atoms with van der Waals surface area (Å²) in [7, 11) is 0. The van der Waals surface area contributed by atoms with E-state index in [0.717, 1.165) is 12.8 Å². The van der Waals surface area contributed by atoms with Gasteiger partial charge in [0.25, 0.3) is 0 Å². The molecule has 1 aliphatic heterocycles. The van der Waals surface area contributed by atoms with Gasteiger partial charge >= 0.3 is 17.9 Å². The molecular weight excluding hydrogens is 730 g/mol. The van der Waals surface area contributed by atoms with Crippen LogP contribution < -0.4 is 26.6 Å². The van der Waals surface area contributed by atoms with Crippen LogP contribution in [-0.2, 0) is 38.4 Å². The largest absolute Gasteiger partial charge is 0.480 e. The zero-order chi connectivity index (χ0) is 41.3. The molecule has 0 aromatic carbocycles. The minimum absolute atomic E-state index is 0.154. The van der Waals surface area contributed by atoms with E-state index < -0.39 is 79.3 Å². The Labute approximate surface area is 319 Å². The van der Waals surface area contributed by atoms with Crippen molar-refractivity contribution in [3.8, 4) is 0 Å². The van der Waals surface area contributed by atoms with Crippen LogP contribution in [0.2, 0.25) is 0 Å². The zero-order valence-corrected chi connectivity index (χ0v) is 31.7. The van der Waals surface area contributed by atoms with Gasteiger partial charge in [-0.1, -0.05) is 13.8 Å². The number of hydrogen-bond donors (Lipinski definition) is 10. The molecule has 0 saturated carbocycles. The zero-order valence-electron chi connectivity index (χ0n) is 31.7. The van der Waals surface area contributed by atoms with Crippen molar-refractivity contribution in [1.82, 2.24) is 46.2 Å². The molecule has 1 fully saturated rings. The third kappa shape index (κ3) is 23.1. The van der Waals surface area contributed by atoms with E-state index in [-0.39, 0.29) is 91.5 Å².